The molecule has 0 fully saturated rings. The van der Waals surface area contributed by atoms with Gasteiger partial charge in [-0.15, -0.1) is 0 Å². The van der Waals surface area contributed by atoms with Gasteiger partial charge >= 0.3 is 0 Å². The molecule has 5 heteroatoms. The lowest BCUT2D eigenvalue weighted by atomic mass is 10.0. The van der Waals surface area contributed by atoms with E-state index < -0.39 is 6.04 Å². The molecule has 0 radical (unpaired) electrons. The molecule has 2 rings (SSSR count). The minimum absolute atomic E-state index is 0.218. The summed E-state index contributed by atoms with van der Waals surface area (Å²) in [5, 5.41) is 15.2. The fourth-order valence-electron chi connectivity index (χ4n) is 1.83. The van der Waals surface area contributed by atoms with Gasteiger partial charge < -0.3 is 10.2 Å². The predicted molar refractivity (Wildman–Crippen MR) is 70.2 cm³/mol. The van der Waals surface area contributed by atoms with Gasteiger partial charge in [-0.2, -0.15) is 5.26 Å². The zero-order valence-corrected chi connectivity index (χ0v) is 10.7. The molecule has 1 aromatic carbocycles. The van der Waals surface area contributed by atoms with E-state index in [9.17, 15) is 4.79 Å². The van der Waals surface area contributed by atoms with Crippen molar-refractivity contribution in [2.75, 3.05) is 0 Å². The Morgan fingerprint density at radius 2 is 2.32 bits per heavy atom. The molecule has 2 atom stereocenters. The van der Waals surface area contributed by atoms with Crippen molar-refractivity contribution >= 4 is 11.6 Å². The maximum atomic E-state index is 11.9. The highest BCUT2D eigenvalue weighted by atomic mass is 16.6. The predicted octanol–water partition coefficient (Wildman–Crippen LogP) is 1.92. The molecule has 0 spiro atoms. The minimum Gasteiger partial charge on any atom is -0.387 e. The molecule has 0 aliphatic carbocycles. The smallest absolute Gasteiger partial charge is 0.270 e. The van der Waals surface area contributed by atoms with E-state index in [0.717, 1.165) is 5.56 Å². The van der Waals surface area contributed by atoms with Gasteiger partial charge in [0.15, 0.2) is 6.10 Å². The Labute approximate surface area is 111 Å². The van der Waals surface area contributed by atoms with Gasteiger partial charge in [0.1, 0.15) is 11.8 Å². The van der Waals surface area contributed by atoms with Crippen LogP contribution in [0.15, 0.2) is 35.5 Å². The maximum absolute atomic E-state index is 11.9. The van der Waals surface area contributed by atoms with Crippen molar-refractivity contribution in [2.45, 2.75) is 31.9 Å². The van der Waals surface area contributed by atoms with Gasteiger partial charge in [-0.05, 0) is 12.0 Å². The Morgan fingerprint density at radius 1 is 1.58 bits per heavy atom. The summed E-state index contributed by atoms with van der Waals surface area (Å²) in [7, 11) is 0. The third kappa shape index (κ3) is 3.10. The number of hydrogen-bond acceptors (Lipinski definition) is 4. The normalized spacial score (nSPS) is 18.9. The van der Waals surface area contributed by atoms with Crippen LogP contribution in [0.4, 0.5) is 0 Å². The maximum Gasteiger partial charge on any atom is 0.270 e. The fourth-order valence-corrected chi connectivity index (χ4v) is 1.83. The third-order valence-corrected chi connectivity index (χ3v) is 2.97. The van der Waals surface area contributed by atoms with Gasteiger partial charge in [-0.25, -0.2) is 0 Å². The largest absolute Gasteiger partial charge is 0.387 e. The number of nitriles is 1. The number of carbonyl (C=O) groups excluding carboxylic acids is 1. The van der Waals surface area contributed by atoms with Crippen molar-refractivity contribution in [3.8, 4) is 6.07 Å². The zero-order chi connectivity index (χ0) is 13.7. The van der Waals surface area contributed by atoms with E-state index >= 15 is 0 Å². The molecule has 1 N–H and O–H groups in total. The lowest BCUT2D eigenvalue weighted by Crippen LogP contribution is -2.37. The number of nitrogens with one attached hydrogen (secondary N) is 1. The molecule has 1 amide bonds. The molecule has 0 saturated heterocycles. The summed E-state index contributed by atoms with van der Waals surface area (Å²) in [6.07, 6.45) is 0.778. The Hall–Kier alpha value is -2.35. The van der Waals surface area contributed by atoms with E-state index in [1.54, 1.807) is 0 Å². The minimum atomic E-state index is -0.481. The molecular formula is C14H15N3O2. The van der Waals surface area contributed by atoms with E-state index in [4.69, 9.17) is 10.1 Å². The molecule has 0 bridgehead atoms. The van der Waals surface area contributed by atoms with E-state index in [-0.39, 0.29) is 12.0 Å². The number of nitrogens with zero attached hydrogens (tertiary/aromatic N) is 2. The highest BCUT2D eigenvalue weighted by molar-refractivity contribution is 6.39. The van der Waals surface area contributed by atoms with Crippen molar-refractivity contribution in [1.29, 1.82) is 5.26 Å². The summed E-state index contributed by atoms with van der Waals surface area (Å²) in [6, 6.07) is 11.2. The summed E-state index contributed by atoms with van der Waals surface area (Å²) >= 11 is 0. The third-order valence-electron chi connectivity index (χ3n) is 2.97. The summed E-state index contributed by atoms with van der Waals surface area (Å²) < 4.78 is 0. The van der Waals surface area contributed by atoms with Crippen LogP contribution in [0.2, 0.25) is 0 Å². The first-order valence-electron chi connectivity index (χ1n) is 6.22. The lowest BCUT2D eigenvalue weighted by molar-refractivity contribution is -0.115. The van der Waals surface area contributed by atoms with Crippen LogP contribution < -0.4 is 5.32 Å². The molecule has 1 heterocycles. The molecule has 5 nitrogen and oxygen atoms in total. The van der Waals surface area contributed by atoms with Crippen LogP contribution in [0.25, 0.3) is 0 Å². The molecule has 0 aromatic heterocycles. The second kappa shape index (κ2) is 6.01. The molecule has 98 valence electrons. The fraction of sp³-hybridized carbons (Fsp3) is 0.357. The molecular weight excluding hydrogens is 242 g/mol. The van der Waals surface area contributed by atoms with Gasteiger partial charge in [0.2, 0.25) is 0 Å². The van der Waals surface area contributed by atoms with E-state index in [0.29, 0.717) is 18.6 Å². The van der Waals surface area contributed by atoms with Crippen LogP contribution in [0, 0.1) is 11.3 Å². The topological polar surface area (TPSA) is 74.5 Å². The molecule has 19 heavy (non-hydrogen) atoms. The highest BCUT2D eigenvalue weighted by Gasteiger charge is 2.28. The van der Waals surface area contributed by atoms with Crippen molar-refractivity contribution in [3.05, 3.63) is 35.9 Å². The van der Waals surface area contributed by atoms with Crippen LogP contribution in [0.1, 0.15) is 31.4 Å². The Bertz CT molecular complexity index is 519. The lowest BCUT2D eigenvalue weighted by Gasteiger charge is -2.09. The molecule has 0 saturated carbocycles. The number of rotatable bonds is 4. The first-order chi connectivity index (χ1) is 9.24. The van der Waals surface area contributed by atoms with Crippen LogP contribution in [-0.2, 0) is 9.63 Å². The first-order valence-corrected chi connectivity index (χ1v) is 6.22. The molecule has 0 unspecified atom stereocenters. The molecule has 1 aliphatic rings. The summed E-state index contributed by atoms with van der Waals surface area (Å²) in [4.78, 5) is 17.1. The summed E-state index contributed by atoms with van der Waals surface area (Å²) in [6.45, 7) is 1.84. The standard InChI is InChI=1S/C14H15N3O2/c1-2-11(9-15)16-14(18)12-8-13(19-17-12)10-6-4-3-5-7-10/h3-7,11,13H,2,8H2,1H3,(H,16,18)/t11-,13-/m0/s1. The average Bonchev–Trinajstić information content (AvgIpc) is 2.95. The average molecular weight is 257 g/mol. The summed E-state index contributed by atoms with van der Waals surface area (Å²) in [5.41, 5.74) is 1.32. The van der Waals surface area contributed by atoms with Crippen molar-refractivity contribution < 1.29 is 9.63 Å². The van der Waals surface area contributed by atoms with Crippen LogP contribution in [0.5, 0.6) is 0 Å². The van der Waals surface area contributed by atoms with Gasteiger partial charge in [0.05, 0.1) is 6.07 Å². The monoisotopic (exact) mass is 257 g/mol. The van der Waals surface area contributed by atoms with Crippen molar-refractivity contribution in [2.24, 2.45) is 5.16 Å². The molecule has 1 aromatic rings. The van der Waals surface area contributed by atoms with Gasteiger partial charge in [0.25, 0.3) is 5.91 Å². The number of benzene rings is 1. The first kappa shape index (κ1) is 13.1. The van der Waals surface area contributed by atoms with Gasteiger partial charge in [-0.1, -0.05) is 42.4 Å². The van der Waals surface area contributed by atoms with E-state index in [1.807, 2.05) is 43.3 Å². The Kier molecular flexibility index (Phi) is 4.14. The second-order valence-electron chi connectivity index (χ2n) is 4.31. The number of hydrogen-bond donors (Lipinski definition) is 1. The quantitative estimate of drug-likeness (QED) is 0.895. The van der Waals surface area contributed by atoms with Crippen LogP contribution >= 0.6 is 0 Å². The summed E-state index contributed by atoms with van der Waals surface area (Å²) in [5.74, 6) is -0.327. The molecule has 1 aliphatic heterocycles. The number of oxime groups is 1. The van der Waals surface area contributed by atoms with Crippen molar-refractivity contribution in [1.82, 2.24) is 5.32 Å². The van der Waals surface area contributed by atoms with Crippen LogP contribution in [0.3, 0.4) is 0 Å². The second-order valence-corrected chi connectivity index (χ2v) is 4.31. The van der Waals surface area contributed by atoms with Crippen molar-refractivity contribution in [3.63, 3.8) is 0 Å². The highest BCUT2D eigenvalue weighted by Crippen LogP contribution is 2.26. The van der Waals surface area contributed by atoms with Crippen LogP contribution in [-0.4, -0.2) is 17.7 Å². The van der Waals surface area contributed by atoms with Gasteiger partial charge in [-0.3, -0.25) is 4.79 Å². The van der Waals surface area contributed by atoms with Gasteiger partial charge in [0, 0.05) is 6.42 Å². The number of carbonyl (C=O) groups is 1. The Morgan fingerprint density at radius 3 is 2.95 bits per heavy atom. The number of amides is 1. The SMILES string of the molecule is CC[C@@H](C#N)NC(=O)C1=NO[C@H](c2ccccc2)C1. The van der Waals surface area contributed by atoms with E-state index in [1.165, 1.54) is 0 Å². The van der Waals surface area contributed by atoms with E-state index in [2.05, 4.69) is 10.5 Å². The Balaban J connectivity index is 1.95. The zero-order valence-electron chi connectivity index (χ0n) is 10.7.